The molecule has 110 valence electrons. The molecule has 3 atom stereocenters. The Morgan fingerprint density at radius 3 is 3.00 bits per heavy atom. The largest absolute Gasteiger partial charge is 0.497 e. The highest BCUT2D eigenvalue weighted by atomic mass is 16.5. The molecular weight excluding hydrogens is 252 g/mol. The smallest absolute Gasteiger partial charge is 0.126 e. The lowest BCUT2D eigenvalue weighted by atomic mass is 9.72. The average molecular weight is 276 g/mol. The van der Waals surface area contributed by atoms with Crippen molar-refractivity contribution in [3.05, 3.63) is 23.8 Å². The molecule has 1 heterocycles. The normalized spacial score (nSPS) is 32.5. The van der Waals surface area contributed by atoms with Crippen molar-refractivity contribution < 1.29 is 14.6 Å². The molecule has 1 aromatic rings. The van der Waals surface area contributed by atoms with Crippen molar-refractivity contribution in [2.45, 2.75) is 57.2 Å². The maximum Gasteiger partial charge on any atom is 0.126 e. The number of ether oxygens (including phenoxy) is 2. The van der Waals surface area contributed by atoms with E-state index in [1.807, 2.05) is 18.2 Å². The maximum absolute atomic E-state index is 10.5. The van der Waals surface area contributed by atoms with E-state index in [2.05, 4.69) is 6.92 Å². The molecule has 1 aliphatic carbocycles. The Kier molecular flexibility index (Phi) is 3.63. The number of hydrogen-bond acceptors (Lipinski definition) is 3. The van der Waals surface area contributed by atoms with Gasteiger partial charge in [0.25, 0.3) is 0 Å². The van der Waals surface area contributed by atoms with E-state index in [-0.39, 0.29) is 5.60 Å². The number of methoxy groups -OCH3 is 1. The van der Waals surface area contributed by atoms with E-state index in [1.54, 1.807) is 7.11 Å². The monoisotopic (exact) mass is 276 g/mol. The number of aliphatic hydroxyl groups excluding tert-OH is 1. The molecule has 3 heteroatoms. The second-order valence-corrected chi connectivity index (χ2v) is 6.28. The van der Waals surface area contributed by atoms with Crippen LogP contribution < -0.4 is 9.47 Å². The molecule has 1 saturated carbocycles. The fraction of sp³-hybridized carbons (Fsp3) is 0.647. The summed E-state index contributed by atoms with van der Waals surface area (Å²) in [6.07, 6.45) is 6.12. The SMILES string of the molecule is CCC1CCCC2(C1)C[C@H](O)c1cc(OC)ccc1O2. The van der Waals surface area contributed by atoms with Gasteiger partial charge in [-0.1, -0.05) is 19.8 Å². The minimum Gasteiger partial charge on any atom is -0.497 e. The number of aliphatic hydroxyl groups is 1. The first kappa shape index (κ1) is 13.7. The van der Waals surface area contributed by atoms with Crippen LogP contribution in [0.2, 0.25) is 0 Å². The van der Waals surface area contributed by atoms with Gasteiger partial charge in [-0.15, -0.1) is 0 Å². The molecule has 1 N–H and O–H groups in total. The maximum atomic E-state index is 10.5. The Morgan fingerprint density at radius 1 is 1.40 bits per heavy atom. The molecule has 0 amide bonds. The van der Waals surface area contributed by atoms with Crippen LogP contribution in [0.1, 0.15) is 57.1 Å². The second kappa shape index (κ2) is 5.28. The molecule has 0 aromatic heterocycles. The molecule has 1 aliphatic heterocycles. The molecule has 2 unspecified atom stereocenters. The fourth-order valence-corrected chi connectivity index (χ4v) is 3.81. The second-order valence-electron chi connectivity index (χ2n) is 6.28. The van der Waals surface area contributed by atoms with Crippen molar-refractivity contribution in [1.82, 2.24) is 0 Å². The molecule has 1 aromatic carbocycles. The molecule has 2 aliphatic rings. The van der Waals surface area contributed by atoms with Gasteiger partial charge >= 0.3 is 0 Å². The van der Waals surface area contributed by atoms with Gasteiger partial charge in [0.2, 0.25) is 0 Å². The average Bonchev–Trinajstić information content (AvgIpc) is 2.47. The first-order valence-electron chi connectivity index (χ1n) is 7.71. The van der Waals surface area contributed by atoms with Crippen LogP contribution in [0.25, 0.3) is 0 Å². The predicted octanol–water partition coefficient (Wildman–Crippen LogP) is 3.85. The summed E-state index contributed by atoms with van der Waals surface area (Å²) in [6, 6.07) is 5.74. The van der Waals surface area contributed by atoms with Gasteiger partial charge in [0, 0.05) is 12.0 Å². The van der Waals surface area contributed by atoms with Crippen molar-refractivity contribution in [2.24, 2.45) is 5.92 Å². The predicted molar refractivity (Wildman–Crippen MR) is 78.2 cm³/mol. The Morgan fingerprint density at radius 2 is 2.25 bits per heavy atom. The molecule has 0 bridgehead atoms. The van der Waals surface area contributed by atoms with Crippen LogP contribution in [0.15, 0.2) is 18.2 Å². The van der Waals surface area contributed by atoms with Crippen LogP contribution in [0.5, 0.6) is 11.5 Å². The molecule has 3 nitrogen and oxygen atoms in total. The molecule has 20 heavy (non-hydrogen) atoms. The number of fused-ring (bicyclic) bond motifs is 1. The van der Waals surface area contributed by atoms with Gasteiger partial charge in [-0.2, -0.15) is 0 Å². The lowest BCUT2D eigenvalue weighted by Gasteiger charge is -2.45. The highest BCUT2D eigenvalue weighted by Crippen LogP contribution is 2.48. The fourth-order valence-electron chi connectivity index (χ4n) is 3.81. The Bertz CT molecular complexity index is 485. The van der Waals surface area contributed by atoms with Crippen molar-refractivity contribution in [3.8, 4) is 11.5 Å². The minimum atomic E-state index is -0.440. The van der Waals surface area contributed by atoms with E-state index >= 15 is 0 Å². The van der Waals surface area contributed by atoms with Gasteiger partial charge in [-0.3, -0.25) is 0 Å². The minimum absolute atomic E-state index is 0.153. The van der Waals surface area contributed by atoms with E-state index < -0.39 is 6.10 Å². The molecule has 0 saturated heterocycles. The van der Waals surface area contributed by atoms with Crippen molar-refractivity contribution in [2.75, 3.05) is 7.11 Å². The zero-order valence-electron chi connectivity index (χ0n) is 12.4. The van der Waals surface area contributed by atoms with E-state index in [1.165, 1.54) is 19.3 Å². The van der Waals surface area contributed by atoms with E-state index in [9.17, 15) is 5.11 Å². The highest BCUT2D eigenvalue weighted by Gasteiger charge is 2.43. The van der Waals surface area contributed by atoms with Crippen LogP contribution in [0, 0.1) is 5.92 Å². The zero-order valence-corrected chi connectivity index (χ0v) is 12.4. The quantitative estimate of drug-likeness (QED) is 0.891. The summed E-state index contributed by atoms with van der Waals surface area (Å²) in [5.74, 6) is 2.34. The Labute approximate surface area is 120 Å². The van der Waals surface area contributed by atoms with Crippen LogP contribution in [-0.2, 0) is 0 Å². The zero-order chi connectivity index (χ0) is 14.2. The van der Waals surface area contributed by atoms with Crippen LogP contribution >= 0.6 is 0 Å². The first-order chi connectivity index (χ1) is 9.65. The van der Waals surface area contributed by atoms with Gasteiger partial charge in [0.1, 0.15) is 17.1 Å². The van der Waals surface area contributed by atoms with Gasteiger partial charge < -0.3 is 14.6 Å². The topological polar surface area (TPSA) is 38.7 Å². The Balaban J connectivity index is 1.88. The summed E-state index contributed by atoms with van der Waals surface area (Å²) in [5.41, 5.74) is 0.716. The van der Waals surface area contributed by atoms with Gasteiger partial charge in [0.15, 0.2) is 0 Å². The van der Waals surface area contributed by atoms with E-state index in [4.69, 9.17) is 9.47 Å². The summed E-state index contributed by atoms with van der Waals surface area (Å²) in [6.45, 7) is 2.25. The summed E-state index contributed by atoms with van der Waals surface area (Å²) in [5, 5.41) is 10.5. The van der Waals surface area contributed by atoms with Crippen molar-refractivity contribution in [3.63, 3.8) is 0 Å². The third kappa shape index (κ3) is 2.39. The van der Waals surface area contributed by atoms with Crippen LogP contribution in [-0.4, -0.2) is 17.8 Å². The van der Waals surface area contributed by atoms with Gasteiger partial charge in [-0.05, 0) is 43.4 Å². The first-order valence-corrected chi connectivity index (χ1v) is 7.71. The lowest BCUT2D eigenvalue weighted by Crippen LogP contribution is -2.45. The van der Waals surface area contributed by atoms with Crippen molar-refractivity contribution >= 4 is 0 Å². The number of benzene rings is 1. The number of hydrogen-bond donors (Lipinski definition) is 1. The Hall–Kier alpha value is -1.22. The van der Waals surface area contributed by atoms with E-state index in [0.717, 1.165) is 35.8 Å². The van der Waals surface area contributed by atoms with Crippen LogP contribution in [0.3, 0.4) is 0 Å². The molecular formula is C17H24O3. The third-order valence-electron chi connectivity index (χ3n) is 4.95. The summed E-state index contributed by atoms with van der Waals surface area (Å²) >= 11 is 0. The standard InChI is InChI=1S/C17H24O3/c1-3-12-5-4-8-17(10-12)11-15(18)14-9-13(19-2)6-7-16(14)20-17/h6-7,9,12,15,18H,3-5,8,10-11H2,1-2H3/t12?,15-,17?/m0/s1. The summed E-state index contributed by atoms with van der Waals surface area (Å²) < 4.78 is 11.6. The highest BCUT2D eigenvalue weighted by molar-refractivity contribution is 5.43. The summed E-state index contributed by atoms with van der Waals surface area (Å²) in [4.78, 5) is 0. The lowest BCUT2D eigenvalue weighted by molar-refractivity contribution is -0.0522. The number of rotatable bonds is 2. The molecule has 3 rings (SSSR count). The molecule has 1 spiro atoms. The molecule has 1 fully saturated rings. The van der Waals surface area contributed by atoms with Crippen LogP contribution in [0.4, 0.5) is 0 Å². The van der Waals surface area contributed by atoms with Gasteiger partial charge in [-0.25, -0.2) is 0 Å². The van der Waals surface area contributed by atoms with Crippen molar-refractivity contribution in [1.29, 1.82) is 0 Å². The van der Waals surface area contributed by atoms with E-state index in [0.29, 0.717) is 6.42 Å². The summed E-state index contributed by atoms with van der Waals surface area (Å²) in [7, 11) is 1.65. The third-order valence-corrected chi connectivity index (χ3v) is 4.95. The van der Waals surface area contributed by atoms with Gasteiger partial charge in [0.05, 0.1) is 13.2 Å². The molecule has 0 radical (unpaired) electrons.